The van der Waals surface area contributed by atoms with Crippen molar-refractivity contribution in [3.8, 4) is 0 Å². The van der Waals surface area contributed by atoms with E-state index in [1.54, 1.807) is 18.2 Å². The summed E-state index contributed by atoms with van der Waals surface area (Å²) in [5, 5.41) is 3.02. The molecule has 0 radical (unpaired) electrons. The zero-order chi connectivity index (χ0) is 17.3. The van der Waals surface area contributed by atoms with Crippen LogP contribution in [0.5, 0.6) is 0 Å². The number of amides is 1. The van der Waals surface area contributed by atoms with Gasteiger partial charge in [-0.1, -0.05) is 27.5 Å². The Morgan fingerprint density at radius 1 is 1.29 bits per heavy atom. The molecule has 2 aromatic carbocycles. The fourth-order valence-electron chi connectivity index (χ4n) is 2.18. The first-order chi connectivity index (χ1) is 11.4. The maximum absolute atomic E-state index is 13.7. The SMILES string of the molecule is O=C(Cn1cnc2ccc(Br)cc2c1=O)Nc1ccc(Cl)cc1F. The van der Waals surface area contributed by atoms with Gasteiger partial charge in [-0.3, -0.25) is 14.2 Å². The highest BCUT2D eigenvalue weighted by Crippen LogP contribution is 2.19. The lowest BCUT2D eigenvalue weighted by molar-refractivity contribution is -0.116. The zero-order valence-corrected chi connectivity index (χ0v) is 14.4. The maximum Gasteiger partial charge on any atom is 0.261 e. The minimum atomic E-state index is -0.649. The van der Waals surface area contributed by atoms with Crippen molar-refractivity contribution in [1.29, 1.82) is 0 Å². The first kappa shape index (κ1) is 16.6. The molecule has 5 nitrogen and oxygen atoms in total. The Morgan fingerprint density at radius 3 is 2.83 bits per heavy atom. The van der Waals surface area contributed by atoms with Gasteiger partial charge in [0.25, 0.3) is 5.56 Å². The lowest BCUT2D eigenvalue weighted by Gasteiger charge is -2.09. The van der Waals surface area contributed by atoms with Gasteiger partial charge in [-0.05, 0) is 36.4 Å². The predicted octanol–water partition coefficient (Wildman–Crippen LogP) is 3.59. The van der Waals surface area contributed by atoms with Gasteiger partial charge in [-0.25, -0.2) is 9.37 Å². The molecule has 0 fully saturated rings. The van der Waals surface area contributed by atoms with Crippen LogP contribution in [0.15, 0.2) is 52.0 Å². The van der Waals surface area contributed by atoms with E-state index in [-0.39, 0.29) is 22.8 Å². The summed E-state index contributed by atoms with van der Waals surface area (Å²) in [4.78, 5) is 28.6. The third-order valence-corrected chi connectivity index (χ3v) is 4.03. The molecule has 0 saturated carbocycles. The van der Waals surface area contributed by atoms with E-state index in [4.69, 9.17) is 11.6 Å². The number of carbonyl (C=O) groups is 1. The second-order valence-corrected chi connectivity index (χ2v) is 6.36. The second-order valence-electron chi connectivity index (χ2n) is 5.01. The molecule has 122 valence electrons. The van der Waals surface area contributed by atoms with Gasteiger partial charge >= 0.3 is 0 Å². The van der Waals surface area contributed by atoms with Gasteiger partial charge in [0, 0.05) is 9.50 Å². The third-order valence-electron chi connectivity index (χ3n) is 3.31. The van der Waals surface area contributed by atoms with Gasteiger partial charge in [-0.2, -0.15) is 0 Å². The number of carbonyl (C=O) groups excluding carboxylic acids is 1. The van der Waals surface area contributed by atoms with E-state index in [0.717, 1.165) is 15.1 Å². The molecule has 0 aliphatic carbocycles. The number of anilines is 1. The zero-order valence-electron chi connectivity index (χ0n) is 12.1. The number of rotatable bonds is 3. The van der Waals surface area contributed by atoms with Crippen molar-refractivity contribution in [2.24, 2.45) is 0 Å². The summed E-state index contributed by atoms with van der Waals surface area (Å²) in [6.07, 6.45) is 1.29. The van der Waals surface area contributed by atoms with Gasteiger partial charge in [0.2, 0.25) is 5.91 Å². The molecule has 0 spiro atoms. The van der Waals surface area contributed by atoms with Crippen LogP contribution in [0.1, 0.15) is 0 Å². The largest absolute Gasteiger partial charge is 0.322 e. The van der Waals surface area contributed by atoms with Gasteiger partial charge in [0.05, 0.1) is 22.9 Å². The van der Waals surface area contributed by atoms with Crippen molar-refractivity contribution in [3.63, 3.8) is 0 Å². The number of nitrogens with one attached hydrogen (secondary N) is 1. The molecular formula is C16H10BrClFN3O2. The minimum Gasteiger partial charge on any atom is -0.322 e. The van der Waals surface area contributed by atoms with Gasteiger partial charge in [-0.15, -0.1) is 0 Å². The fraction of sp³-hybridized carbons (Fsp3) is 0.0625. The summed E-state index contributed by atoms with van der Waals surface area (Å²) < 4.78 is 15.6. The lowest BCUT2D eigenvalue weighted by atomic mass is 10.2. The number of fused-ring (bicyclic) bond motifs is 1. The van der Waals surface area contributed by atoms with Gasteiger partial charge in [0.1, 0.15) is 12.4 Å². The molecule has 3 aromatic rings. The lowest BCUT2D eigenvalue weighted by Crippen LogP contribution is -2.28. The van der Waals surface area contributed by atoms with Crippen LogP contribution in [-0.2, 0) is 11.3 Å². The number of benzene rings is 2. The minimum absolute atomic E-state index is 0.00561. The number of hydrogen-bond donors (Lipinski definition) is 1. The highest BCUT2D eigenvalue weighted by atomic mass is 79.9. The summed E-state index contributed by atoms with van der Waals surface area (Å²) >= 11 is 8.95. The summed E-state index contributed by atoms with van der Waals surface area (Å²) in [7, 11) is 0. The smallest absolute Gasteiger partial charge is 0.261 e. The molecule has 24 heavy (non-hydrogen) atoms. The van der Waals surface area contributed by atoms with E-state index in [0.29, 0.717) is 10.9 Å². The highest BCUT2D eigenvalue weighted by Gasteiger charge is 2.11. The van der Waals surface area contributed by atoms with E-state index < -0.39 is 11.7 Å². The van der Waals surface area contributed by atoms with Crippen molar-refractivity contribution < 1.29 is 9.18 Å². The molecule has 0 bridgehead atoms. The molecule has 1 aromatic heterocycles. The quantitative estimate of drug-likeness (QED) is 0.718. The normalized spacial score (nSPS) is 10.8. The Morgan fingerprint density at radius 2 is 2.08 bits per heavy atom. The monoisotopic (exact) mass is 409 g/mol. The van der Waals surface area contributed by atoms with Crippen LogP contribution in [-0.4, -0.2) is 15.5 Å². The molecule has 1 heterocycles. The number of aromatic nitrogens is 2. The van der Waals surface area contributed by atoms with Crippen molar-refractivity contribution >= 4 is 50.0 Å². The standard InChI is InChI=1S/C16H10BrClFN3O2/c17-9-1-3-13-11(5-9)16(24)22(8-20-13)7-15(23)21-14-4-2-10(18)6-12(14)19/h1-6,8H,7H2,(H,21,23). The highest BCUT2D eigenvalue weighted by molar-refractivity contribution is 9.10. The maximum atomic E-state index is 13.7. The van der Waals surface area contributed by atoms with Crippen LogP contribution < -0.4 is 10.9 Å². The van der Waals surface area contributed by atoms with Crippen LogP contribution in [0.2, 0.25) is 5.02 Å². The average Bonchev–Trinajstić information content (AvgIpc) is 2.53. The summed E-state index contributed by atoms with van der Waals surface area (Å²) in [5.41, 5.74) is 0.172. The number of halogens is 3. The summed E-state index contributed by atoms with van der Waals surface area (Å²) in [6, 6.07) is 9.02. The van der Waals surface area contributed by atoms with Gasteiger partial charge in [0.15, 0.2) is 0 Å². The topological polar surface area (TPSA) is 64.0 Å². The molecular weight excluding hydrogens is 401 g/mol. The Balaban J connectivity index is 1.85. The van der Waals surface area contributed by atoms with Crippen molar-refractivity contribution in [3.05, 3.63) is 68.4 Å². The van der Waals surface area contributed by atoms with E-state index in [9.17, 15) is 14.0 Å². The van der Waals surface area contributed by atoms with Crippen molar-refractivity contribution in [2.45, 2.75) is 6.54 Å². The molecule has 0 atom stereocenters. The van der Waals surface area contributed by atoms with Crippen LogP contribution in [0.3, 0.4) is 0 Å². The van der Waals surface area contributed by atoms with Crippen LogP contribution in [0.4, 0.5) is 10.1 Å². The molecule has 0 unspecified atom stereocenters. The second kappa shape index (κ2) is 6.70. The first-order valence-electron chi connectivity index (χ1n) is 6.83. The molecule has 1 N–H and O–H groups in total. The summed E-state index contributed by atoms with van der Waals surface area (Å²) in [5.74, 6) is -1.20. The fourth-order valence-corrected chi connectivity index (χ4v) is 2.70. The van der Waals surface area contributed by atoms with E-state index in [1.165, 1.54) is 18.5 Å². The van der Waals surface area contributed by atoms with E-state index in [2.05, 4.69) is 26.2 Å². The first-order valence-corrected chi connectivity index (χ1v) is 8.01. The molecule has 0 aliphatic heterocycles. The summed E-state index contributed by atoms with van der Waals surface area (Å²) in [6.45, 7) is -0.281. The predicted molar refractivity (Wildman–Crippen MR) is 93.7 cm³/mol. The van der Waals surface area contributed by atoms with Gasteiger partial charge < -0.3 is 5.32 Å². The molecule has 3 rings (SSSR count). The molecule has 1 amide bonds. The number of nitrogens with zero attached hydrogens (tertiary/aromatic N) is 2. The van der Waals surface area contributed by atoms with Crippen molar-refractivity contribution in [2.75, 3.05) is 5.32 Å². The average molecular weight is 411 g/mol. The van der Waals surface area contributed by atoms with E-state index in [1.807, 2.05) is 0 Å². The Kier molecular flexibility index (Phi) is 4.64. The Bertz CT molecular complexity index is 1010. The Labute approximate surface area is 149 Å². The molecule has 0 saturated heterocycles. The Hall–Kier alpha value is -2.25. The number of hydrogen-bond acceptors (Lipinski definition) is 3. The van der Waals surface area contributed by atoms with Crippen LogP contribution in [0, 0.1) is 5.82 Å². The van der Waals surface area contributed by atoms with Crippen molar-refractivity contribution in [1.82, 2.24) is 9.55 Å². The molecule has 0 aliphatic rings. The van der Waals surface area contributed by atoms with Crippen LogP contribution >= 0.6 is 27.5 Å². The third kappa shape index (κ3) is 3.47. The van der Waals surface area contributed by atoms with Crippen LogP contribution in [0.25, 0.3) is 10.9 Å². The van der Waals surface area contributed by atoms with E-state index >= 15 is 0 Å². The molecule has 8 heteroatoms.